The van der Waals surface area contributed by atoms with E-state index in [1.165, 1.54) is 56.4 Å². The fourth-order valence-electron chi connectivity index (χ4n) is 3.18. The van der Waals surface area contributed by atoms with Gasteiger partial charge in [-0.15, -0.1) is 24.0 Å². The molecule has 0 aliphatic carbocycles. The van der Waals surface area contributed by atoms with E-state index >= 15 is 0 Å². The second-order valence-corrected chi connectivity index (χ2v) is 7.07. The van der Waals surface area contributed by atoms with Crippen molar-refractivity contribution in [3.8, 4) is 0 Å². The Morgan fingerprint density at radius 2 is 1.96 bits per heavy atom. The molecule has 142 valence electrons. The molecular weight excluding hydrogens is 423 g/mol. The molecule has 0 saturated carbocycles. The predicted molar refractivity (Wildman–Crippen MR) is 119 cm³/mol. The first kappa shape index (κ1) is 22.2. The Morgan fingerprint density at radius 1 is 1.20 bits per heavy atom. The van der Waals surface area contributed by atoms with E-state index in [0.29, 0.717) is 0 Å². The van der Waals surface area contributed by atoms with Crippen LogP contribution in [0.15, 0.2) is 29.3 Å². The van der Waals surface area contributed by atoms with E-state index in [-0.39, 0.29) is 24.0 Å². The van der Waals surface area contributed by atoms with Crippen LogP contribution >= 0.6 is 24.0 Å². The van der Waals surface area contributed by atoms with Crippen molar-refractivity contribution in [2.24, 2.45) is 10.9 Å². The van der Waals surface area contributed by atoms with Crippen molar-refractivity contribution in [2.45, 2.75) is 46.1 Å². The number of nitrogens with one attached hydrogen (secondary N) is 2. The lowest BCUT2D eigenvalue weighted by molar-refractivity contribution is 0.189. The molecule has 4 nitrogen and oxygen atoms in total. The first-order valence-electron chi connectivity index (χ1n) is 9.40. The average Bonchev–Trinajstić information content (AvgIpc) is 2.59. The van der Waals surface area contributed by atoms with Gasteiger partial charge < -0.3 is 15.5 Å². The van der Waals surface area contributed by atoms with Gasteiger partial charge in [-0.05, 0) is 63.7 Å². The van der Waals surface area contributed by atoms with Gasteiger partial charge in [0.1, 0.15) is 0 Å². The Balaban J connectivity index is 0.00000312. The Kier molecular flexibility index (Phi) is 11.1. The van der Waals surface area contributed by atoms with E-state index in [1.807, 2.05) is 7.05 Å². The number of rotatable bonds is 7. The number of aliphatic imine (C=N–C) groups is 1. The maximum absolute atomic E-state index is 4.31. The lowest BCUT2D eigenvalue weighted by atomic mass is 9.99. The normalized spacial score (nSPS) is 16.4. The van der Waals surface area contributed by atoms with Crippen LogP contribution in [-0.2, 0) is 6.54 Å². The standard InChI is InChI=1S/C20H34N4.HI/c1-17-9-13-24(14-10-17)12-5-4-11-22-20(21-3)23-16-19-8-6-7-18(2)15-19;/h6-8,15,17H,4-5,9-14,16H2,1-3H3,(H2,21,22,23);1H. The third-order valence-electron chi connectivity index (χ3n) is 4.84. The van der Waals surface area contributed by atoms with Crippen molar-refractivity contribution in [1.82, 2.24) is 15.5 Å². The number of unbranched alkanes of at least 4 members (excludes halogenated alkanes) is 1. The maximum atomic E-state index is 4.31. The fourth-order valence-corrected chi connectivity index (χ4v) is 3.18. The van der Waals surface area contributed by atoms with Crippen LogP contribution in [-0.4, -0.2) is 44.1 Å². The van der Waals surface area contributed by atoms with Gasteiger partial charge in [-0.1, -0.05) is 36.8 Å². The minimum absolute atomic E-state index is 0. The van der Waals surface area contributed by atoms with Crippen molar-refractivity contribution in [1.29, 1.82) is 0 Å². The Bertz CT molecular complexity index is 510. The number of aryl methyl sites for hydroxylation is 1. The van der Waals surface area contributed by atoms with Gasteiger partial charge in [0.15, 0.2) is 5.96 Å². The molecule has 5 heteroatoms. The highest BCUT2D eigenvalue weighted by molar-refractivity contribution is 14.0. The fraction of sp³-hybridized carbons (Fsp3) is 0.650. The highest BCUT2D eigenvalue weighted by Gasteiger charge is 2.14. The van der Waals surface area contributed by atoms with Crippen LogP contribution in [0.2, 0.25) is 0 Å². The molecule has 1 aromatic carbocycles. The maximum Gasteiger partial charge on any atom is 0.191 e. The van der Waals surface area contributed by atoms with Gasteiger partial charge in [0.05, 0.1) is 0 Å². The quantitative estimate of drug-likeness (QED) is 0.283. The Hall–Kier alpha value is -0.820. The molecule has 0 radical (unpaired) electrons. The number of hydrogen-bond donors (Lipinski definition) is 2. The third kappa shape index (κ3) is 8.90. The third-order valence-corrected chi connectivity index (χ3v) is 4.84. The number of piperidine rings is 1. The second kappa shape index (κ2) is 12.5. The molecule has 2 rings (SSSR count). The number of guanidine groups is 1. The van der Waals surface area contributed by atoms with Gasteiger partial charge in [-0.2, -0.15) is 0 Å². The van der Waals surface area contributed by atoms with Crippen molar-refractivity contribution in [3.05, 3.63) is 35.4 Å². The molecule has 0 aromatic heterocycles. The van der Waals surface area contributed by atoms with Crippen LogP contribution in [0.3, 0.4) is 0 Å². The van der Waals surface area contributed by atoms with Crippen LogP contribution < -0.4 is 10.6 Å². The zero-order valence-corrected chi connectivity index (χ0v) is 18.4. The molecule has 0 amide bonds. The molecule has 25 heavy (non-hydrogen) atoms. The van der Waals surface area contributed by atoms with Gasteiger partial charge in [0, 0.05) is 20.1 Å². The summed E-state index contributed by atoms with van der Waals surface area (Å²) in [6.45, 7) is 10.1. The molecule has 1 heterocycles. The highest BCUT2D eigenvalue weighted by atomic mass is 127. The van der Waals surface area contributed by atoms with E-state index in [9.17, 15) is 0 Å². The van der Waals surface area contributed by atoms with E-state index in [4.69, 9.17) is 0 Å². The first-order valence-corrected chi connectivity index (χ1v) is 9.40. The summed E-state index contributed by atoms with van der Waals surface area (Å²) in [6, 6.07) is 8.58. The van der Waals surface area contributed by atoms with Crippen LogP contribution in [0.1, 0.15) is 43.7 Å². The number of halogens is 1. The van der Waals surface area contributed by atoms with E-state index in [2.05, 4.69) is 58.6 Å². The smallest absolute Gasteiger partial charge is 0.191 e. The lowest BCUT2D eigenvalue weighted by Gasteiger charge is -2.30. The van der Waals surface area contributed by atoms with E-state index in [0.717, 1.165) is 25.0 Å². The monoisotopic (exact) mass is 458 g/mol. The van der Waals surface area contributed by atoms with Crippen LogP contribution in [0, 0.1) is 12.8 Å². The topological polar surface area (TPSA) is 39.7 Å². The molecule has 0 spiro atoms. The summed E-state index contributed by atoms with van der Waals surface area (Å²) in [5.41, 5.74) is 2.58. The Labute approximate surface area is 170 Å². The summed E-state index contributed by atoms with van der Waals surface area (Å²) in [4.78, 5) is 6.92. The minimum Gasteiger partial charge on any atom is -0.356 e. The predicted octanol–water partition coefficient (Wildman–Crippen LogP) is 3.79. The molecule has 1 fully saturated rings. The van der Waals surface area contributed by atoms with E-state index < -0.39 is 0 Å². The Morgan fingerprint density at radius 3 is 2.64 bits per heavy atom. The van der Waals surface area contributed by atoms with Gasteiger partial charge in [0.25, 0.3) is 0 Å². The molecular formula is C20H35IN4. The van der Waals surface area contributed by atoms with Crippen LogP contribution in [0.4, 0.5) is 0 Å². The number of hydrogen-bond acceptors (Lipinski definition) is 2. The SMILES string of the molecule is CN=C(NCCCCN1CCC(C)CC1)NCc1cccc(C)c1.I. The van der Waals surface area contributed by atoms with Gasteiger partial charge in [-0.3, -0.25) is 4.99 Å². The molecule has 0 bridgehead atoms. The molecule has 0 atom stereocenters. The summed E-state index contributed by atoms with van der Waals surface area (Å²) in [7, 11) is 1.83. The molecule has 2 N–H and O–H groups in total. The first-order chi connectivity index (χ1) is 11.7. The van der Waals surface area contributed by atoms with Crippen molar-refractivity contribution >= 4 is 29.9 Å². The van der Waals surface area contributed by atoms with Crippen LogP contribution in [0.5, 0.6) is 0 Å². The largest absolute Gasteiger partial charge is 0.356 e. The summed E-state index contributed by atoms with van der Waals surface area (Å²) in [5.74, 6) is 1.81. The van der Waals surface area contributed by atoms with Crippen molar-refractivity contribution < 1.29 is 0 Å². The molecule has 1 saturated heterocycles. The van der Waals surface area contributed by atoms with Crippen molar-refractivity contribution in [2.75, 3.05) is 33.2 Å². The number of likely N-dealkylation sites (tertiary alicyclic amines) is 1. The van der Waals surface area contributed by atoms with Gasteiger partial charge in [-0.25, -0.2) is 0 Å². The summed E-state index contributed by atoms with van der Waals surface area (Å²) < 4.78 is 0. The number of nitrogens with zero attached hydrogens (tertiary/aromatic N) is 2. The van der Waals surface area contributed by atoms with Gasteiger partial charge >= 0.3 is 0 Å². The summed E-state index contributed by atoms with van der Waals surface area (Å²) >= 11 is 0. The van der Waals surface area contributed by atoms with E-state index in [1.54, 1.807) is 0 Å². The zero-order chi connectivity index (χ0) is 17.2. The molecule has 1 aliphatic rings. The average molecular weight is 458 g/mol. The summed E-state index contributed by atoms with van der Waals surface area (Å²) in [5, 5.41) is 6.81. The highest BCUT2D eigenvalue weighted by Crippen LogP contribution is 2.16. The van der Waals surface area contributed by atoms with Crippen LogP contribution in [0.25, 0.3) is 0 Å². The number of benzene rings is 1. The molecule has 1 aromatic rings. The van der Waals surface area contributed by atoms with Crippen molar-refractivity contribution in [3.63, 3.8) is 0 Å². The van der Waals surface area contributed by atoms with Gasteiger partial charge in [0.2, 0.25) is 0 Å². The second-order valence-electron chi connectivity index (χ2n) is 7.07. The minimum atomic E-state index is 0. The zero-order valence-electron chi connectivity index (χ0n) is 16.1. The summed E-state index contributed by atoms with van der Waals surface area (Å²) in [6.07, 6.45) is 5.19. The lowest BCUT2D eigenvalue weighted by Crippen LogP contribution is -2.38. The molecule has 1 aliphatic heterocycles. The molecule has 0 unspecified atom stereocenters.